The molecule has 3 aromatic rings. The average Bonchev–Trinajstić information content (AvgIpc) is 2.67. The molecule has 0 aliphatic heterocycles. The molecule has 28 heavy (non-hydrogen) atoms. The Balaban J connectivity index is 1.79. The molecule has 3 nitrogen and oxygen atoms in total. The van der Waals surface area contributed by atoms with Crippen molar-refractivity contribution in [2.24, 2.45) is 0 Å². The van der Waals surface area contributed by atoms with Gasteiger partial charge in [0.15, 0.2) is 6.61 Å². The second-order valence-electron chi connectivity index (χ2n) is 6.61. The Morgan fingerprint density at radius 3 is 2.50 bits per heavy atom. The number of carboxylic acid groups (broad SMARTS) is 1. The molecule has 0 heterocycles. The SMILES string of the molecule is Cc1cc(-c2cccc(F)c2)cc(CCc2cccc(OCC(=O)O)c2)c1F. The van der Waals surface area contributed by atoms with Crippen molar-refractivity contribution in [1.29, 1.82) is 0 Å². The van der Waals surface area contributed by atoms with Crippen molar-refractivity contribution >= 4 is 5.97 Å². The second-order valence-corrected chi connectivity index (χ2v) is 6.61. The van der Waals surface area contributed by atoms with E-state index < -0.39 is 12.6 Å². The molecule has 0 aliphatic carbocycles. The number of aliphatic carboxylic acids is 1. The highest BCUT2D eigenvalue weighted by molar-refractivity contribution is 5.68. The lowest BCUT2D eigenvalue weighted by Gasteiger charge is -2.11. The van der Waals surface area contributed by atoms with E-state index in [1.807, 2.05) is 6.07 Å². The van der Waals surface area contributed by atoms with E-state index >= 15 is 0 Å². The van der Waals surface area contributed by atoms with Gasteiger partial charge in [0.2, 0.25) is 0 Å². The van der Waals surface area contributed by atoms with Crippen LogP contribution in [0.4, 0.5) is 8.78 Å². The summed E-state index contributed by atoms with van der Waals surface area (Å²) < 4.78 is 33.3. The van der Waals surface area contributed by atoms with E-state index in [9.17, 15) is 13.6 Å². The maximum Gasteiger partial charge on any atom is 0.341 e. The van der Waals surface area contributed by atoms with Crippen molar-refractivity contribution in [3.63, 3.8) is 0 Å². The Kier molecular flexibility index (Phi) is 6.04. The Morgan fingerprint density at radius 1 is 0.964 bits per heavy atom. The quantitative estimate of drug-likeness (QED) is 0.612. The summed E-state index contributed by atoms with van der Waals surface area (Å²) in [6.45, 7) is 1.29. The Labute approximate surface area is 162 Å². The van der Waals surface area contributed by atoms with Crippen molar-refractivity contribution in [2.75, 3.05) is 6.61 Å². The normalized spacial score (nSPS) is 10.7. The molecule has 0 aromatic heterocycles. The summed E-state index contributed by atoms with van der Waals surface area (Å²) in [5.41, 5.74) is 3.45. The Hall–Kier alpha value is -3.21. The predicted octanol–water partition coefficient (Wildman–Crippen LogP) is 5.19. The maximum atomic E-state index is 14.6. The van der Waals surface area contributed by atoms with Gasteiger partial charge in [-0.1, -0.05) is 24.3 Å². The van der Waals surface area contributed by atoms with Gasteiger partial charge < -0.3 is 9.84 Å². The first-order chi connectivity index (χ1) is 13.4. The molecular formula is C23H20F2O3. The van der Waals surface area contributed by atoms with Gasteiger partial charge in [0.05, 0.1) is 0 Å². The van der Waals surface area contributed by atoms with Gasteiger partial charge in [0, 0.05) is 0 Å². The third-order valence-electron chi connectivity index (χ3n) is 4.43. The molecule has 0 saturated heterocycles. The van der Waals surface area contributed by atoms with Gasteiger partial charge in [-0.25, -0.2) is 13.6 Å². The van der Waals surface area contributed by atoms with E-state index in [4.69, 9.17) is 9.84 Å². The average molecular weight is 382 g/mol. The van der Waals surface area contributed by atoms with Crippen molar-refractivity contribution in [2.45, 2.75) is 19.8 Å². The summed E-state index contributed by atoms with van der Waals surface area (Å²) in [5, 5.41) is 8.70. The van der Waals surface area contributed by atoms with Crippen molar-refractivity contribution in [1.82, 2.24) is 0 Å². The summed E-state index contributed by atoms with van der Waals surface area (Å²) in [7, 11) is 0. The van der Waals surface area contributed by atoms with Crippen molar-refractivity contribution in [3.8, 4) is 16.9 Å². The number of benzene rings is 3. The van der Waals surface area contributed by atoms with Gasteiger partial charge in [-0.3, -0.25) is 0 Å². The number of rotatable bonds is 7. The van der Waals surface area contributed by atoms with Crippen LogP contribution in [0, 0.1) is 18.6 Å². The second kappa shape index (κ2) is 8.65. The van der Waals surface area contributed by atoms with Crippen LogP contribution in [-0.2, 0) is 17.6 Å². The molecule has 0 unspecified atom stereocenters. The molecule has 3 aromatic carbocycles. The van der Waals surface area contributed by atoms with Gasteiger partial charge in [0.1, 0.15) is 17.4 Å². The third kappa shape index (κ3) is 4.94. The Morgan fingerprint density at radius 2 is 1.75 bits per heavy atom. The van der Waals surface area contributed by atoms with E-state index in [-0.39, 0.29) is 11.6 Å². The summed E-state index contributed by atoms with van der Waals surface area (Å²) >= 11 is 0. The summed E-state index contributed by atoms with van der Waals surface area (Å²) in [6, 6.07) is 16.8. The number of hydrogen-bond donors (Lipinski definition) is 1. The van der Waals surface area contributed by atoms with Crippen LogP contribution in [0.25, 0.3) is 11.1 Å². The number of carbonyl (C=O) groups is 1. The molecule has 0 radical (unpaired) electrons. The monoisotopic (exact) mass is 382 g/mol. The highest BCUT2D eigenvalue weighted by Gasteiger charge is 2.11. The van der Waals surface area contributed by atoms with E-state index in [0.717, 1.165) is 11.1 Å². The zero-order valence-corrected chi connectivity index (χ0v) is 15.4. The first-order valence-corrected chi connectivity index (χ1v) is 8.91. The van der Waals surface area contributed by atoms with E-state index in [1.165, 1.54) is 12.1 Å². The molecule has 0 fully saturated rings. The minimum atomic E-state index is -1.04. The zero-order valence-electron chi connectivity index (χ0n) is 15.4. The van der Waals surface area contributed by atoms with Crippen LogP contribution in [0.1, 0.15) is 16.7 Å². The fourth-order valence-electron chi connectivity index (χ4n) is 3.07. The van der Waals surface area contributed by atoms with Crippen LogP contribution in [0.3, 0.4) is 0 Å². The number of halogens is 2. The summed E-state index contributed by atoms with van der Waals surface area (Å²) in [6.07, 6.45) is 1.02. The van der Waals surface area contributed by atoms with Gasteiger partial charge in [-0.2, -0.15) is 0 Å². The highest BCUT2D eigenvalue weighted by Crippen LogP contribution is 2.26. The summed E-state index contributed by atoms with van der Waals surface area (Å²) in [5.74, 6) is -1.18. The van der Waals surface area contributed by atoms with E-state index in [0.29, 0.717) is 35.3 Å². The third-order valence-corrected chi connectivity index (χ3v) is 4.43. The Bertz CT molecular complexity index is 999. The maximum absolute atomic E-state index is 14.6. The minimum Gasteiger partial charge on any atom is -0.482 e. The lowest BCUT2D eigenvalue weighted by Crippen LogP contribution is -2.09. The summed E-state index contributed by atoms with van der Waals surface area (Å²) in [4.78, 5) is 10.6. The van der Waals surface area contributed by atoms with Crippen LogP contribution in [-0.4, -0.2) is 17.7 Å². The van der Waals surface area contributed by atoms with Crippen LogP contribution >= 0.6 is 0 Å². The van der Waals surface area contributed by atoms with Gasteiger partial charge in [-0.15, -0.1) is 0 Å². The molecular weight excluding hydrogens is 362 g/mol. The van der Waals surface area contributed by atoms with Gasteiger partial charge in [-0.05, 0) is 84.0 Å². The molecule has 5 heteroatoms. The van der Waals surface area contributed by atoms with Gasteiger partial charge >= 0.3 is 5.97 Å². The largest absolute Gasteiger partial charge is 0.482 e. The lowest BCUT2D eigenvalue weighted by atomic mass is 9.96. The number of hydrogen-bond acceptors (Lipinski definition) is 2. The molecule has 144 valence electrons. The first kappa shape index (κ1) is 19.5. The van der Waals surface area contributed by atoms with E-state index in [1.54, 1.807) is 49.4 Å². The standard InChI is InChI=1S/C23H20F2O3/c1-15-10-19(17-5-3-6-20(24)13-17)12-18(23(15)25)9-8-16-4-2-7-21(11-16)28-14-22(26)27/h2-7,10-13H,8-9,14H2,1H3,(H,26,27). The molecule has 0 amide bonds. The zero-order chi connectivity index (χ0) is 20.1. The molecule has 0 saturated carbocycles. The van der Waals surface area contributed by atoms with Crippen LogP contribution in [0.15, 0.2) is 60.7 Å². The van der Waals surface area contributed by atoms with Crippen LogP contribution < -0.4 is 4.74 Å². The molecule has 0 aliphatic rings. The lowest BCUT2D eigenvalue weighted by molar-refractivity contribution is -0.139. The fourth-order valence-corrected chi connectivity index (χ4v) is 3.07. The molecule has 0 atom stereocenters. The van der Waals surface area contributed by atoms with Crippen molar-refractivity contribution in [3.05, 3.63) is 89.0 Å². The van der Waals surface area contributed by atoms with Crippen molar-refractivity contribution < 1.29 is 23.4 Å². The topological polar surface area (TPSA) is 46.5 Å². The first-order valence-electron chi connectivity index (χ1n) is 8.91. The number of carboxylic acids is 1. The highest BCUT2D eigenvalue weighted by atomic mass is 19.1. The predicted molar refractivity (Wildman–Crippen MR) is 104 cm³/mol. The van der Waals surface area contributed by atoms with Gasteiger partial charge in [0.25, 0.3) is 0 Å². The van der Waals surface area contributed by atoms with Crippen LogP contribution in [0.2, 0.25) is 0 Å². The molecule has 3 rings (SSSR count). The fraction of sp³-hybridized carbons (Fsp3) is 0.174. The smallest absolute Gasteiger partial charge is 0.341 e. The molecule has 0 bridgehead atoms. The number of aryl methyl sites for hydroxylation is 3. The minimum absolute atomic E-state index is 0.265. The van der Waals surface area contributed by atoms with Crippen LogP contribution in [0.5, 0.6) is 5.75 Å². The van der Waals surface area contributed by atoms with E-state index in [2.05, 4.69) is 0 Å². The number of ether oxygens (including phenoxy) is 1. The molecule has 1 N–H and O–H groups in total. The molecule has 0 spiro atoms.